The van der Waals surface area contributed by atoms with Gasteiger partial charge in [-0.15, -0.1) is 5.10 Å². The highest BCUT2D eigenvalue weighted by molar-refractivity contribution is 5.29. The number of aromatic nitrogens is 4. The summed E-state index contributed by atoms with van der Waals surface area (Å²) in [4.78, 5) is 8.33. The SMILES string of the molecule is NCc1cccc(Oc2ncn(-c3ccccc3)n2)n1. The van der Waals surface area contributed by atoms with Gasteiger partial charge in [-0.05, 0) is 18.2 Å². The molecule has 3 aromatic rings. The molecule has 100 valence electrons. The number of benzene rings is 1. The minimum absolute atomic E-state index is 0.246. The smallest absolute Gasteiger partial charge is 0.342 e. The number of hydrogen-bond acceptors (Lipinski definition) is 5. The minimum atomic E-state index is 0.246. The van der Waals surface area contributed by atoms with E-state index < -0.39 is 0 Å². The lowest BCUT2D eigenvalue weighted by molar-refractivity contribution is 0.423. The van der Waals surface area contributed by atoms with E-state index in [-0.39, 0.29) is 6.01 Å². The van der Waals surface area contributed by atoms with Crippen LogP contribution in [0.2, 0.25) is 0 Å². The molecule has 0 bridgehead atoms. The van der Waals surface area contributed by atoms with Crippen LogP contribution in [0, 0.1) is 0 Å². The van der Waals surface area contributed by atoms with Crippen molar-refractivity contribution in [2.45, 2.75) is 6.54 Å². The van der Waals surface area contributed by atoms with Gasteiger partial charge in [-0.25, -0.2) is 9.67 Å². The van der Waals surface area contributed by atoms with Crippen LogP contribution in [0.1, 0.15) is 5.69 Å². The molecular weight excluding hydrogens is 254 g/mol. The lowest BCUT2D eigenvalue weighted by Gasteiger charge is -2.01. The van der Waals surface area contributed by atoms with Crippen LogP contribution in [0.5, 0.6) is 11.9 Å². The summed E-state index contributed by atoms with van der Waals surface area (Å²) in [7, 11) is 0. The van der Waals surface area contributed by atoms with Crippen LogP contribution in [-0.2, 0) is 6.54 Å². The van der Waals surface area contributed by atoms with Gasteiger partial charge in [0.15, 0.2) is 0 Å². The Kier molecular flexibility index (Phi) is 3.38. The van der Waals surface area contributed by atoms with Gasteiger partial charge in [0.2, 0.25) is 5.88 Å². The first-order valence-electron chi connectivity index (χ1n) is 6.16. The molecule has 2 aromatic heterocycles. The third kappa shape index (κ3) is 2.65. The molecule has 0 unspecified atom stereocenters. The normalized spacial score (nSPS) is 10.4. The maximum Gasteiger partial charge on any atom is 0.342 e. The van der Waals surface area contributed by atoms with Crippen molar-refractivity contribution in [3.05, 3.63) is 60.6 Å². The van der Waals surface area contributed by atoms with Gasteiger partial charge in [-0.1, -0.05) is 24.3 Å². The lowest BCUT2D eigenvalue weighted by atomic mass is 10.3. The van der Waals surface area contributed by atoms with E-state index in [2.05, 4.69) is 15.1 Å². The maximum absolute atomic E-state index is 5.54. The summed E-state index contributed by atoms with van der Waals surface area (Å²) in [6.07, 6.45) is 1.59. The fraction of sp³-hybridized carbons (Fsp3) is 0.0714. The molecule has 0 fully saturated rings. The number of ether oxygens (including phenoxy) is 1. The van der Waals surface area contributed by atoms with E-state index >= 15 is 0 Å². The van der Waals surface area contributed by atoms with Gasteiger partial charge in [0.1, 0.15) is 6.33 Å². The van der Waals surface area contributed by atoms with Crippen molar-refractivity contribution in [2.75, 3.05) is 0 Å². The highest BCUT2D eigenvalue weighted by atomic mass is 16.5. The van der Waals surface area contributed by atoms with E-state index in [0.29, 0.717) is 12.4 Å². The second kappa shape index (κ2) is 5.50. The van der Waals surface area contributed by atoms with E-state index in [1.54, 1.807) is 17.1 Å². The number of rotatable bonds is 4. The van der Waals surface area contributed by atoms with Crippen molar-refractivity contribution in [1.82, 2.24) is 19.7 Å². The van der Waals surface area contributed by atoms with Crippen molar-refractivity contribution in [1.29, 1.82) is 0 Å². The highest BCUT2D eigenvalue weighted by Crippen LogP contribution is 2.16. The molecule has 0 saturated carbocycles. The van der Waals surface area contributed by atoms with E-state index in [1.165, 1.54) is 0 Å². The van der Waals surface area contributed by atoms with Crippen molar-refractivity contribution in [2.24, 2.45) is 5.73 Å². The summed E-state index contributed by atoms with van der Waals surface area (Å²) in [5.41, 5.74) is 7.21. The predicted octanol–water partition coefficient (Wildman–Crippen LogP) is 1.91. The summed E-state index contributed by atoms with van der Waals surface area (Å²) in [6, 6.07) is 15.3. The van der Waals surface area contributed by atoms with Gasteiger partial charge in [-0.3, -0.25) is 0 Å². The van der Waals surface area contributed by atoms with Gasteiger partial charge in [0.05, 0.1) is 11.4 Å². The molecule has 3 rings (SSSR count). The zero-order valence-electron chi connectivity index (χ0n) is 10.7. The Bertz CT molecular complexity index is 696. The van der Waals surface area contributed by atoms with Gasteiger partial charge in [0, 0.05) is 12.6 Å². The topological polar surface area (TPSA) is 78.9 Å². The van der Waals surface area contributed by atoms with E-state index in [4.69, 9.17) is 10.5 Å². The Hall–Kier alpha value is -2.73. The zero-order valence-corrected chi connectivity index (χ0v) is 10.7. The van der Waals surface area contributed by atoms with E-state index in [1.807, 2.05) is 42.5 Å². The fourth-order valence-corrected chi connectivity index (χ4v) is 1.72. The molecule has 0 spiro atoms. The Labute approximate surface area is 115 Å². The first-order chi connectivity index (χ1) is 9.85. The highest BCUT2D eigenvalue weighted by Gasteiger charge is 2.06. The number of para-hydroxylation sites is 1. The quantitative estimate of drug-likeness (QED) is 0.781. The van der Waals surface area contributed by atoms with Crippen LogP contribution in [0.25, 0.3) is 5.69 Å². The van der Waals surface area contributed by atoms with Gasteiger partial charge in [-0.2, -0.15) is 4.98 Å². The van der Waals surface area contributed by atoms with Crippen LogP contribution in [-0.4, -0.2) is 19.7 Å². The Morgan fingerprint density at radius 2 is 1.90 bits per heavy atom. The van der Waals surface area contributed by atoms with Crippen molar-refractivity contribution in [3.63, 3.8) is 0 Å². The molecule has 0 aliphatic carbocycles. The zero-order chi connectivity index (χ0) is 13.8. The summed E-state index contributed by atoms with van der Waals surface area (Å²) in [5.74, 6) is 0.429. The molecule has 6 heteroatoms. The summed E-state index contributed by atoms with van der Waals surface area (Å²) in [6.45, 7) is 0.364. The average Bonchev–Trinajstić information content (AvgIpc) is 2.97. The van der Waals surface area contributed by atoms with E-state index in [9.17, 15) is 0 Å². The standard InChI is InChI=1S/C14H13N5O/c15-9-11-5-4-8-13(17-11)20-14-16-10-19(18-14)12-6-2-1-3-7-12/h1-8,10H,9,15H2. The molecule has 0 aliphatic heterocycles. The van der Waals surface area contributed by atoms with Crippen LogP contribution in [0.15, 0.2) is 54.9 Å². The summed E-state index contributed by atoms with van der Waals surface area (Å²) < 4.78 is 7.15. The van der Waals surface area contributed by atoms with Gasteiger partial charge < -0.3 is 10.5 Å². The molecular formula is C14H13N5O. The molecule has 0 amide bonds. The third-order valence-corrected chi connectivity index (χ3v) is 2.68. The Morgan fingerprint density at radius 3 is 2.70 bits per heavy atom. The number of nitrogens with zero attached hydrogens (tertiary/aromatic N) is 4. The number of pyridine rings is 1. The maximum atomic E-state index is 5.54. The van der Waals surface area contributed by atoms with Crippen LogP contribution in [0.3, 0.4) is 0 Å². The molecule has 0 atom stereocenters. The van der Waals surface area contributed by atoms with Gasteiger partial charge in [0.25, 0.3) is 0 Å². The van der Waals surface area contributed by atoms with Crippen molar-refractivity contribution in [3.8, 4) is 17.6 Å². The number of hydrogen-bond donors (Lipinski definition) is 1. The largest absolute Gasteiger partial charge is 0.404 e. The second-order valence-electron chi connectivity index (χ2n) is 4.08. The van der Waals surface area contributed by atoms with Crippen LogP contribution < -0.4 is 10.5 Å². The van der Waals surface area contributed by atoms with Crippen LogP contribution in [0.4, 0.5) is 0 Å². The average molecular weight is 267 g/mol. The third-order valence-electron chi connectivity index (χ3n) is 2.68. The Morgan fingerprint density at radius 1 is 1.05 bits per heavy atom. The molecule has 6 nitrogen and oxygen atoms in total. The monoisotopic (exact) mass is 267 g/mol. The second-order valence-corrected chi connectivity index (χ2v) is 4.08. The molecule has 0 aliphatic rings. The minimum Gasteiger partial charge on any atom is -0.404 e. The molecule has 0 saturated heterocycles. The summed E-state index contributed by atoms with van der Waals surface area (Å²) >= 11 is 0. The van der Waals surface area contributed by atoms with Crippen molar-refractivity contribution < 1.29 is 4.74 Å². The Balaban J connectivity index is 1.80. The fourth-order valence-electron chi connectivity index (χ4n) is 1.72. The van der Waals surface area contributed by atoms with Crippen LogP contribution >= 0.6 is 0 Å². The van der Waals surface area contributed by atoms with Crippen molar-refractivity contribution >= 4 is 0 Å². The molecule has 0 radical (unpaired) electrons. The first-order valence-corrected chi connectivity index (χ1v) is 6.16. The van der Waals surface area contributed by atoms with E-state index in [0.717, 1.165) is 11.4 Å². The lowest BCUT2D eigenvalue weighted by Crippen LogP contribution is -2.00. The molecule has 20 heavy (non-hydrogen) atoms. The molecule has 1 aromatic carbocycles. The molecule has 2 heterocycles. The number of nitrogens with two attached hydrogens (primary N) is 1. The molecule has 2 N–H and O–H groups in total. The first kappa shape index (κ1) is 12.3. The van der Waals surface area contributed by atoms with Gasteiger partial charge >= 0.3 is 6.01 Å². The summed E-state index contributed by atoms with van der Waals surface area (Å²) in [5, 5.41) is 4.24. The predicted molar refractivity (Wildman–Crippen MR) is 73.6 cm³/mol.